The van der Waals surface area contributed by atoms with E-state index in [0.29, 0.717) is 54.6 Å². The maximum Gasteiger partial charge on any atom is 1.00 e. The first-order chi connectivity index (χ1) is 34.4. The number of methoxy groups -OCH3 is 3. The summed E-state index contributed by atoms with van der Waals surface area (Å²) in [4.78, 5) is 66.5. The van der Waals surface area contributed by atoms with Crippen molar-refractivity contribution in [3.05, 3.63) is 107 Å². The van der Waals surface area contributed by atoms with Crippen molar-refractivity contribution in [1.82, 2.24) is 39.9 Å². The quantitative estimate of drug-likeness (QED) is 0.0950. The number of aryl methyl sites for hydroxylation is 3. The molecule has 4 aliphatic carbocycles. The van der Waals surface area contributed by atoms with E-state index in [4.69, 9.17) is 14.2 Å². The second-order valence-electron chi connectivity index (χ2n) is 20.3. The number of aromatic nitrogens is 8. The third-order valence-electron chi connectivity index (χ3n) is 14.9. The van der Waals surface area contributed by atoms with E-state index in [1.165, 1.54) is 35.2 Å². The zero-order valence-electron chi connectivity index (χ0n) is 47.8. The summed E-state index contributed by atoms with van der Waals surface area (Å²) >= 11 is 0. The summed E-state index contributed by atoms with van der Waals surface area (Å²) in [6.07, 6.45) is 21.1. The van der Waals surface area contributed by atoms with Crippen LogP contribution in [0.3, 0.4) is 0 Å². The Morgan fingerprint density at radius 3 is 1.30 bits per heavy atom. The van der Waals surface area contributed by atoms with E-state index in [1.54, 1.807) is 21.3 Å². The molecule has 406 valence electrons. The van der Waals surface area contributed by atoms with Crippen LogP contribution in [0.1, 0.15) is 235 Å². The van der Waals surface area contributed by atoms with Crippen LogP contribution in [0.2, 0.25) is 0 Å². The number of H-pyrrole nitrogens is 2. The Labute approximate surface area is 487 Å². The van der Waals surface area contributed by atoms with Crippen molar-refractivity contribution in [2.24, 2.45) is 0 Å². The summed E-state index contributed by atoms with van der Waals surface area (Å²) in [5, 5.41) is 10.1. The fraction of sp³-hybridized carbons (Fsp3) is 0.638. The summed E-state index contributed by atoms with van der Waals surface area (Å²) in [5.41, 5.74) is 10.1. The Bertz CT molecular complexity index is 2650. The summed E-state index contributed by atoms with van der Waals surface area (Å²) < 4.78 is 16.1. The molecule has 8 rings (SSSR count). The molecule has 16 heteroatoms. The molecule has 74 heavy (non-hydrogen) atoms. The topological polar surface area (TPSA) is 208 Å². The van der Waals surface area contributed by atoms with Crippen LogP contribution >= 0.6 is 0 Å². The number of carbonyl (C=O) groups excluding carboxylic acids is 1. The molecule has 0 aromatic carbocycles. The molecule has 2 saturated carbocycles. The third-order valence-corrected chi connectivity index (χ3v) is 14.9. The van der Waals surface area contributed by atoms with Gasteiger partial charge in [-0.15, -0.1) is 0 Å². The van der Waals surface area contributed by atoms with Crippen LogP contribution in [-0.4, -0.2) is 77.7 Å². The van der Waals surface area contributed by atoms with E-state index in [-0.39, 0.29) is 73.1 Å². The van der Waals surface area contributed by atoms with Crippen molar-refractivity contribution < 1.29 is 78.3 Å². The first kappa shape index (κ1) is 64.4. The number of aliphatic hydroxyl groups is 1. The molecule has 15 nitrogen and oxygen atoms in total. The first-order valence-corrected chi connectivity index (χ1v) is 26.5. The fourth-order valence-electron chi connectivity index (χ4n) is 10.7. The SMILES string of the molecule is C.CCc1c(C2CC=C(C)CC2)[nH]c(=O)[nH]c1=O.CCc1c(OC)nc(C)nc1C1CC=C(C)CC1.CCc1c(OC)nc(C)nc1C1CCC(=O)CC1.CCc1c(OC)nc(C)nc1C1CCC(C)(O)CC1.[H-].[HH].[K+]. The number of allylic oxidation sites excluding steroid dienone is 4. The van der Waals surface area contributed by atoms with E-state index in [9.17, 15) is 19.5 Å². The number of aromatic amines is 2. The number of hydrogen-bond donors (Lipinski definition) is 3. The van der Waals surface area contributed by atoms with Gasteiger partial charge in [-0.1, -0.05) is 58.4 Å². The fourth-order valence-corrected chi connectivity index (χ4v) is 10.7. The van der Waals surface area contributed by atoms with Gasteiger partial charge in [0.2, 0.25) is 17.6 Å². The number of carbonyl (C=O) groups is 1. The predicted molar refractivity (Wildman–Crippen MR) is 294 cm³/mol. The monoisotopic (exact) mass is 1050 g/mol. The van der Waals surface area contributed by atoms with Gasteiger partial charge in [-0.2, -0.15) is 15.0 Å². The van der Waals surface area contributed by atoms with Gasteiger partial charge in [0, 0.05) is 65.9 Å². The molecule has 4 aromatic heterocycles. The molecule has 0 bridgehead atoms. The minimum Gasteiger partial charge on any atom is -1.00 e. The summed E-state index contributed by atoms with van der Waals surface area (Å²) in [6, 6.07) is 0. The van der Waals surface area contributed by atoms with Crippen molar-refractivity contribution >= 4 is 5.78 Å². The minimum atomic E-state index is -0.505. The predicted octanol–water partition coefficient (Wildman–Crippen LogP) is 8.76. The molecule has 0 spiro atoms. The zero-order chi connectivity index (χ0) is 52.7. The Balaban J connectivity index is 0.000000498. The van der Waals surface area contributed by atoms with Gasteiger partial charge >= 0.3 is 57.1 Å². The molecule has 3 N–H and O–H groups in total. The van der Waals surface area contributed by atoms with Gasteiger partial charge in [-0.25, -0.2) is 19.7 Å². The van der Waals surface area contributed by atoms with Crippen LogP contribution in [0, 0.1) is 20.8 Å². The van der Waals surface area contributed by atoms with Crippen molar-refractivity contribution in [1.29, 1.82) is 0 Å². The maximum atomic E-state index is 11.7. The number of nitrogens with zero attached hydrogens (tertiary/aromatic N) is 6. The molecule has 0 amide bonds. The number of hydrogen-bond acceptors (Lipinski definition) is 13. The number of Topliss-reactive ketones (excluding diaryl/α,β-unsaturated/α-hetero) is 1. The van der Waals surface area contributed by atoms with E-state index >= 15 is 0 Å². The third kappa shape index (κ3) is 17.6. The zero-order valence-corrected chi connectivity index (χ0v) is 49.9. The number of rotatable bonds is 11. The first-order valence-electron chi connectivity index (χ1n) is 26.5. The molecular weight excluding hydrogens is 960 g/mol. The van der Waals surface area contributed by atoms with Crippen LogP contribution in [-0.2, 0) is 30.5 Å². The van der Waals surface area contributed by atoms with Crippen LogP contribution < -0.4 is 76.8 Å². The summed E-state index contributed by atoms with van der Waals surface area (Å²) in [7, 11) is 5.00. The van der Waals surface area contributed by atoms with E-state index in [2.05, 4.69) is 86.6 Å². The van der Waals surface area contributed by atoms with Gasteiger partial charge in [-0.3, -0.25) is 14.6 Å². The Kier molecular flexibility index (Phi) is 26.7. The molecule has 2 fully saturated rings. The van der Waals surface area contributed by atoms with Gasteiger partial charge in [0.05, 0.1) is 44.0 Å². The molecular formula is C58H91KN8O7. The summed E-state index contributed by atoms with van der Waals surface area (Å²) in [5.74, 6) is 6.47. The molecule has 0 aliphatic heterocycles. The van der Waals surface area contributed by atoms with E-state index in [0.717, 1.165) is 141 Å². The second kappa shape index (κ2) is 30.7. The van der Waals surface area contributed by atoms with Crippen LogP contribution in [0.25, 0.3) is 0 Å². The average molecular weight is 1050 g/mol. The average Bonchev–Trinajstić information content (AvgIpc) is 3.36. The standard InChI is InChI=1S/C15H24N2O2.C15H22N2O.C14H20N2O2.C13H18N2O2.CH4.K.H2.H/c1-5-12-13(16-10(2)17-14(12)19-4)11-6-8-15(3,18)9-7-11;1-5-13-14(12-8-6-10(2)7-9-12)16-11(3)17-15(13)18-4;1-4-12-13(10-5-7-11(17)8-6-10)15-9(2)16-14(12)18-3;1-3-10-11(14-13(17)15-12(10)16)9-6-4-8(2)5-7-9;;;;/h11,18H,5-9H2,1-4H3;6,12H,5,7-9H2,1-4H3;10H,4-8H2,1-3H3;4,9H,3,5-7H2,1-2H3,(H2,14,15,16,17);1H4;;1H;/q;;;;;+1;;-1. The van der Waals surface area contributed by atoms with Crippen molar-refractivity contribution in [3.63, 3.8) is 0 Å². The minimum absolute atomic E-state index is 0. The Hall–Kier alpha value is -3.93. The number of nitrogens with one attached hydrogen (secondary N) is 2. The Morgan fingerprint density at radius 2 is 0.932 bits per heavy atom. The van der Waals surface area contributed by atoms with Gasteiger partial charge in [0.1, 0.15) is 23.3 Å². The maximum absolute atomic E-state index is 11.7. The smallest absolute Gasteiger partial charge is 1.00 e. The van der Waals surface area contributed by atoms with Crippen molar-refractivity contribution in [3.8, 4) is 17.6 Å². The molecule has 4 heterocycles. The van der Waals surface area contributed by atoms with Crippen LogP contribution in [0.15, 0.2) is 32.9 Å². The molecule has 0 saturated heterocycles. The van der Waals surface area contributed by atoms with Gasteiger partial charge in [0.25, 0.3) is 5.56 Å². The van der Waals surface area contributed by atoms with Gasteiger partial charge < -0.3 is 25.7 Å². The summed E-state index contributed by atoms with van der Waals surface area (Å²) in [6.45, 7) is 20.3. The molecule has 0 radical (unpaired) electrons. The van der Waals surface area contributed by atoms with Crippen LogP contribution in [0.4, 0.5) is 0 Å². The van der Waals surface area contributed by atoms with Crippen molar-refractivity contribution in [2.45, 2.75) is 222 Å². The van der Waals surface area contributed by atoms with Crippen molar-refractivity contribution in [2.75, 3.05) is 21.3 Å². The molecule has 4 aromatic rings. The van der Waals surface area contributed by atoms with E-state index in [1.807, 2.05) is 34.6 Å². The normalized spacial score (nSPS) is 20.5. The molecule has 2 unspecified atom stereocenters. The number of ether oxygens (including phenoxy) is 3. The molecule has 2 atom stereocenters. The molecule has 4 aliphatic rings. The number of ketones is 1. The van der Waals surface area contributed by atoms with Gasteiger partial charge in [0.15, 0.2) is 0 Å². The Morgan fingerprint density at radius 1 is 0.568 bits per heavy atom. The van der Waals surface area contributed by atoms with E-state index < -0.39 is 11.3 Å². The second-order valence-corrected chi connectivity index (χ2v) is 20.3. The largest absolute Gasteiger partial charge is 1.00 e. The van der Waals surface area contributed by atoms with Gasteiger partial charge in [-0.05, 0) is 144 Å². The van der Waals surface area contributed by atoms with Crippen LogP contribution in [0.5, 0.6) is 17.6 Å².